The van der Waals surface area contributed by atoms with Crippen LogP contribution in [0.4, 0.5) is 0 Å². The van der Waals surface area contributed by atoms with Crippen molar-refractivity contribution in [2.75, 3.05) is 7.05 Å². The monoisotopic (exact) mass is 308 g/mol. The lowest BCUT2D eigenvalue weighted by Crippen LogP contribution is -2.26. The van der Waals surface area contributed by atoms with Gasteiger partial charge < -0.3 is 15.0 Å². The molecule has 2 N–H and O–H groups in total. The van der Waals surface area contributed by atoms with Gasteiger partial charge in [-0.2, -0.15) is 0 Å². The highest BCUT2D eigenvalue weighted by Gasteiger charge is 2.13. The van der Waals surface area contributed by atoms with E-state index in [-0.39, 0.29) is 11.7 Å². The van der Waals surface area contributed by atoms with Gasteiger partial charge in [0.2, 0.25) is 0 Å². The van der Waals surface area contributed by atoms with Crippen LogP contribution in [0, 0.1) is 0 Å². The zero-order valence-corrected chi connectivity index (χ0v) is 11.4. The zero-order chi connectivity index (χ0) is 13.1. The van der Waals surface area contributed by atoms with Gasteiger partial charge in [-0.15, -0.1) is 0 Å². The standard InChI is InChI=1S/C13H13BrN2O2/c1-16(8-9-2-4-11(17)5-3-9)13(18)12-6-10(14)7-15-12/h2-7,15,17H,8H2,1H3. The summed E-state index contributed by atoms with van der Waals surface area (Å²) in [4.78, 5) is 16.6. The second kappa shape index (κ2) is 5.27. The first-order valence-electron chi connectivity index (χ1n) is 5.43. The Morgan fingerprint density at radius 3 is 2.61 bits per heavy atom. The lowest BCUT2D eigenvalue weighted by molar-refractivity contribution is 0.0780. The average Bonchev–Trinajstić information content (AvgIpc) is 2.78. The minimum atomic E-state index is -0.0752. The molecule has 94 valence electrons. The first kappa shape index (κ1) is 12.7. The van der Waals surface area contributed by atoms with Gasteiger partial charge in [-0.25, -0.2) is 0 Å². The molecule has 2 rings (SSSR count). The maximum atomic E-state index is 12.1. The fraction of sp³-hybridized carbons (Fsp3) is 0.154. The number of nitrogens with one attached hydrogen (secondary N) is 1. The van der Waals surface area contributed by atoms with Crippen molar-refractivity contribution in [3.8, 4) is 5.75 Å². The molecule has 1 aromatic carbocycles. The number of phenols is 1. The number of benzene rings is 1. The van der Waals surface area contributed by atoms with E-state index in [2.05, 4.69) is 20.9 Å². The van der Waals surface area contributed by atoms with Crippen LogP contribution in [0.15, 0.2) is 41.0 Å². The summed E-state index contributed by atoms with van der Waals surface area (Å²) in [7, 11) is 1.74. The molecule has 0 bridgehead atoms. The third kappa shape index (κ3) is 2.92. The number of H-pyrrole nitrogens is 1. The van der Waals surface area contributed by atoms with E-state index in [0.717, 1.165) is 10.0 Å². The smallest absolute Gasteiger partial charge is 0.270 e. The van der Waals surface area contributed by atoms with Crippen LogP contribution in [0.5, 0.6) is 5.75 Å². The summed E-state index contributed by atoms with van der Waals surface area (Å²) in [5, 5.41) is 9.19. The number of aromatic amines is 1. The Morgan fingerprint density at radius 1 is 1.39 bits per heavy atom. The fourth-order valence-electron chi connectivity index (χ4n) is 1.64. The summed E-state index contributed by atoms with van der Waals surface area (Å²) in [5.41, 5.74) is 1.51. The molecule has 1 amide bonds. The molecular weight excluding hydrogens is 296 g/mol. The van der Waals surface area contributed by atoms with Crippen LogP contribution >= 0.6 is 15.9 Å². The molecular formula is C13H13BrN2O2. The van der Waals surface area contributed by atoms with E-state index < -0.39 is 0 Å². The molecule has 4 nitrogen and oxygen atoms in total. The van der Waals surface area contributed by atoms with Crippen molar-refractivity contribution in [3.05, 3.63) is 52.3 Å². The van der Waals surface area contributed by atoms with Crippen LogP contribution in [0.25, 0.3) is 0 Å². The molecule has 0 spiro atoms. The minimum Gasteiger partial charge on any atom is -0.508 e. The Hall–Kier alpha value is -1.75. The van der Waals surface area contributed by atoms with E-state index in [0.29, 0.717) is 12.2 Å². The lowest BCUT2D eigenvalue weighted by atomic mass is 10.2. The van der Waals surface area contributed by atoms with E-state index in [9.17, 15) is 9.90 Å². The van der Waals surface area contributed by atoms with Crippen LogP contribution in [0.1, 0.15) is 16.1 Å². The number of hydrogen-bond donors (Lipinski definition) is 2. The Balaban J connectivity index is 2.05. The van der Waals surface area contributed by atoms with Gasteiger partial charge in [0.25, 0.3) is 5.91 Å². The number of aromatic hydroxyl groups is 1. The van der Waals surface area contributed by atoms with Crippen molar-refractivity contribution in [2.45, 2.75) is 6.54 Å². The minimum absolute atomic E-state index is 0.0752. The van der Waals surface area contributed by atoms with Gasteiger partial charge >= 0.3 is 0 Å². The summed E-state index contributed by atoms with van der Waals surface area (Å²) in [6.45, 7) is 0.496. The molecule has 2 aromatic rings. The van der Waals surface area contributed by atoms with Crippen molar-refractivity contribution in [3.63, 3.8) is 0 Å². The van der Waals surface area contributed by atoms with E-state index >= 15 is 0 Å². The van der Waals surface area contributed by atoms with Crippen molar-refractivity contribution in [1.82, 2.24) is 9.88 Å². The van der Waals surface area contributed by atoms with Crippen molar-refractivity contribution in [2.24, 2.45) is 0 Å². The molecule has 1 heterocycles. The molecule has 0 aliphatic heterocycles. The molecule has 0 radical (unpaired) electrons. The fourth-order valence-corrected chi connectivity index (χ4v) is 1.99. The van der Waals surface area contributed by atoms with Gasteiger partial charge in [-0.05, 0) is 39.7 Å². The average molecular weight is 309 g/mol. The van der Waals surface area contributed by atoms with Crippen molar-refractivity contribution >= 4 is 21.8 Å². The quantitative estimate of drug-likeness (QED) is 0.916. The number of halogens is 1. The number of hydrogen-bond acceptors (Lipinski definition) is 2. The highest BCUT2D eigenvalue weighted by molar-refractivity contribution is 9.10. The summed E-state index contributed by atoms with van der Waals surface area (Å²) in [6, 6.07) is 8.56. The van der Waals surface area contributed by atoms with Crippen LogP contribution in [0.3, 0.4) is 0 Å². The molecule has 0 saturated carbocycles. The van der Waals surface area contributed by atoms with E-state index in [1.54, 1.807) is 48.5 Å². The number of carbonyl (C=O) groups is 1. The van der Waals surface area contributed by atoms with Crippen LogP contribution in [0.2, 0.25) is 0 Å². The number of rotatable bonds is 3. The molecule has 1 aromatic heterocycles. The second-order valence-corrected chi connectivity index (χ2v) is 4.97. The Labute approximate surface area is 113 Å². The molecule has 5 heteroatoms. The van der Waals surface area contributed by atoms with Crippen LogP contribution < -0.4 is 0 Å². The number of carbonyl (C=O) groups excluding carboxylic acids is 1. The molecule has 0 fully saturated rings. The molecule has 0 aliphatic rings. The van der Waals surface area contributed by atoms with Gasteiger partial charge in [0.15, 0.2) is 0 Å². The van der Waals surface area contributed by atoms with Gasteiger partial charge in [-0.1, -0.05) is 12.1 Å². The molecule has 0 atom stereocenters. The first-order valence-corrected chi connectivity index (χ1v) is 6.23. The predicted molar refractivity (Wildman–Crippen MR) is 72.4 cm³/mol. The second-order valence-electron chi connectivity index (χ2n) is 4.06. The number of amides is 1. The maximum Gasteiger partial charge on any atom is 0.270 e. The summed E-state index contributed by atoms with van der Waals surface area (Å²) in [5.74, 6) is 0.148. The van der Waals surface area contributed by atoms with Gasteiger partial charge in [0.05, 0.1) is 0 Å². The van der Waals surface area contributed by atoms with Gasteiger partial charge in [0.1, 0.15) is 11.4 Å². The molecule has 0 unspecified atom stereocenters. The molecule has 0 aliphatic carbocycles. The summed E-state index contributed by atoms with van der Waals surface area (Å²) in [6.07, 6.45) is 1.72. The predicted octanol–water partition coefficient (Wildman–Crippen LogP) is 2.76. The zero-order valence-electron chi connectivity index (χ0n) is 9.85. The van der Waals surface area contributed by atoms with Crippen LogP contribution in [-0.4, -0.2) is 27.9 Å². The highest BCUT2D eigenvalue weighted by atomic mass is 79.9. The summed E-state index contributed by atoms with van der Waals surface area (Å²) < 4.78 is 0.851. The van der Waals surface area contributed by atoms with E-state index in [1.807, 2.05) is 0 Å². The topological polar surface area (TPSA) is 56.3 Å². The first-order chi connectivity index (χ1) is 8.56. The lowest BCUT2D eigenvalue weighted by Gasteiger charge is -2.16. The van der Waals surface area contributed by atoms with E-state index in [4.69, 9.17) is 0 Å². The normalized spacial score (nSPS) is 10.3. The number of phenolic OH excluding ortho intramolecular Hbond substituents is 1. The van der Waals surface area contributed by atoms with Crippen molar-refractivity contribution in [1.29, 1.82) is 0 Å². The third-order valence-electron chi connectivity index (χ3n) is 2.58. The number of aromatic nitrogens is 1. The largest absolute Gasteiger partial charge is 0.508 e. The Kier molecular flexibility index (Phi) is 3.72. The Bertz CT molecular complexity index is 548. The highest BCUT2D eigenvalue weighted by Crippen LogP contribution is 2.14. The maximum absolute atomic E-state index is 12.1. The van der Waals surface area contributed by atoms with Gasteiger partial charge in [0, 0.05) is 24.3 Å². The molecule has 18 heavy (non-hydrogen) atoms. The molecule has 0 saturated heterocycles. The van der Waals surface area contributed by atoms with Crippen molar-refractivity contribution < 1.29 is 9.90 Å². The SMILES string of the molecule is CN(Cc1ccc(O)cc1)C(=O)c1cc(Br)c[nH]1. The number of nitrogens with zero attached hydrogens (tertiary/aromatic N) is 1. The van der Waals surface area contributed by atoms with Gasteiger partial charge in [-0.3, -0.25) is 4.79 Å². The van der Waals surface area contributed by atoms with Crippen LogP contribution in [-0.2, 0) is 6.54 Å². The Morgan fingerprint density at radius 2 is 2.06 bits per heavy atom. The summed E-state index contributed by atoms with van der Waals surface area (Å²) >= 11 is 3.29. The third-order valence-corrected chi connectivity index (χ3v) is 3.04. The van der Waals surface area contributed by atoms with E-state index in [1.165, 1.54) is 0 Å².